The van der Waals surface area contributed by atoms with Gasteiger partial charge >= 0.3 is 0 Å². The van der Waals surface area contributed by atoms with Crippen molar-refractivity contribution in [2.45, 2.75) is 17.4 Å². The SMILES string of the molecule is COc1ccc(Cc2nnc(SCc3ccc([N+](=O)[O-])cc3)o2)cc1. The van der Waals surface area contributed by atoms with Crippen LogP contribution in [-0.4, -0.2) is 22.2 Å². The van der Waals surface area contributed by atoms with Crippen molar-refractivity contribution in [1.82, 2.24) is 10.2 Å². The molecule has 25 heavy (non-hydrogen) atoms. The zero-order valence-corrected chi connectivity index (χ0v) is 14.2. The summed E-state index contributed by atoms with van der Waals surface area (Å²) in [6.07, 6.45) is 0.551. The third kappa shape index (κ3) is 4.57. The quantitative estimate of drug-likeness (QED) is 0.360. The number of nitrogens with zero attached hydrogens (tertiary/aromatic N) is 3. The number of methoxy groups -OCH3 is 1. The maximum absolute atomic E-state index is 10.6. The minimum Gasteiger partial charge on any atom is -0.497 e. The number of rotatable bonds is 7. The first-order valence-corrected chi connectivity index (χ1v) is 8.44. The highest BCUT2D eigenvalue weighted by molar-refractivity contribution is 7.98. The number of ether oxygens (including phenoxy) is 1. The average molecular weight is 357 g/mol. The van der Waals surface area contributed by atoms with Gasteiger partial charge in [0.2, 0.25) is 5.89 Å². The molecule has 0 aliphatic rings. The van der Waals surface area contributed by atoms with Gasteiger partial charge in [-0.25, -0.2) is 0 Å². The Bertz CT molecular complexity index is 847. The second-order valence-corrected chi connectivity index (χ2v) is 6.13. The highest BCUT2D eigenvalue weighted by Gasteiger charge is 2.09. The minimum atomic E-state index is -0.416. The topological polar surface area (TPSA) is 91.3 Å². The second kappa shape index (κ2) is 7.80. The number of aromatic nitrogens is 2. The third-order valence-corrected chi connectivity index (χ3v) is 4.36. The Kier molecular flexibility index (Phi) is 5.30. The van der Waals surface area contributed by atoms with E-state index in [-0.39, 0.29) is 5.69 Å². The highest BCUT2D eigenvalue weighted by atomic mass is 32.2. The Labute approximate surface area is 148 Å². The Balaban J connectivity index is 1.56. The van der Waals surface area contributed by atoms with E-state index in [0.29, 0.717) is 23.3 Å². The molecule has 3 aromatic rings. The van der Waals surface area contributed by atoms with Crippen molar-refractivity contribution in [3.8, 4) is 5.75 Å². The molecule has 0 saturated heterocycles. The van der Waals surface area contributed by atoms with Crippen LogP contribution in [-0.2, 0) is 12.2 Å². The lowest BCUT2D eigenvalue weighted by Gasteiger charge is -2.00. The summed E-state index contributed by atoms with van der Waals surface area (Å²) < 4.78 is 10.8. The monoisotopic (exact) mass is 357 g/mol. The number of hydrogen-bond donors (Lipinski definition) is 0. The van der Waals surface area contributed by atoms with Gasteiger partial charge in [-0.2, -0.15) is 0 Å². The number of nitro groups is 1. The molecular formula is C17H15N3O4S. The van der Waals surface area contributed by atoms with Gasteiger partial charge in [0.25, 0.3) is 10.9 Å². The Hall–Kier alpha value is -2.87. The van der Waals surface area contributed by atoms with Crippen molar-refractivity contribution in [1.29, 1.82) is 0 Å². The molecule has 2 aromatic carbocycles. The average Bonchev–Trinajstić information content (AvgIpc) is 3.08. The number of benzene rings is 2. The van der Waals surface area contributed by atoms with Gasteiger partial charge in [0.15, 0.2) is 0 Å². The van der Waals surface area contributed by atoms with E-state index >= 15 is 0 Å². The van der Waals surface area contributed by atoms with Crippen molar-refractivity contribution in [3.05, 3.63) is 75.7 Å². The Morgan fingerprint density at radius 1 is 1.08 bits per heavy atom. The van der Waals surface area contributed by atoms with Gasteiger partial charge < -0.3 is 9.15 Å². The van der Waals surface area contributed by atoms with Crippen molar-refractivity contribution in [2.75, 3.05) is 7.11 Å². The van der Waals surface area contributed by atoms with Crippen LogP contribution in [0.25, 0.3) is 0 Å². The summed E-state index contributed by atoms with van der Waals surface area (Å²) in [5, 5.41) is 19.2. The summed E-state index contributed by atoms with van der Waals surface area (Å²) in [5.41, 5.74) is 2.08. The molecule has 0 aliphatic carbocycles. The van der Waals surface area contributed by atoms with Crippen LogP contribution in [0, 0.1) is 10.1 Å². The number of nitro benzene ring substituents is 1. The first-order chi connectivity index (χ1) is 12.1. The summed E-state index contributed by atoms with van der Waals surface area (Å²) in [6, 6.07) is 14.1. The summed E-state index contributed by atoms with van der Waals surface area (Å²) >= 11 is 1.40. The molecular weight excluding hydrogens is 342 g/mol. The lowest BCUT2D eigenvalue weighted by atomic mass is 10.1. The summed E-state index contributed by atoms with van der Waals surface area (Å²) in [5.74, 6) is 1.94. The van der Waals surface area contributed by atoms with Crippen molar-refractivity contribution >= 4 is 17.4 Å². The molecule has 128 valence electrons. The van der Waals surface area contributed by atoms with Crippen molar-refractivity contribution < 1.29 is 14.1 Å². The maximum Gasteiger partial charge on any atom is 0.276 e. The van der Waals surface area contributed by atoms with E-state index in [1.54, 1.807) is 19.2 Å². The molecule has 1 heterocycles. The van der Waals surface area contributed by atoms with E-state index in [4.69, 9.17) is 9.15 Å². The van der Waals surface area contributed by atoms with Crippen LogP contribution in [0.5, 0.6) is 5.75 Å². The molecule has 0 bridgehead atoms. The number of non-ortho nitro benzene ring substituents is 1. The molecule has 3 rings (SSSR count). The molecule has 0 fully saturated rings. The van der Waals surface area contributed by atoms with Gasteiger partial charge in [-0.1, -0.05) is 36.0 Å². The van der Waals surface area contributed by atoms with Crippen LogP contribution in [0.1, 0.15) is 17.0 Å². The van der Waals surface area contributed by atoms with Crippen LogP contribution in [0.3, 0.4) is 0 Å². The summed E-state index contributed by atoms with van der Waals surface area (Å²) in [4.78, 5) is 10.2. The summed E-state index contributed by atoms with van der Waals surface area (Å²) in [7, 11) is 1.63. The first kappa shape index (κ1) is 17.0. The van der Waals surface area contributed by atoms with Gasteiger partial charge in [0, 0.05) is 17.9 Å². The van der Waals surface area contributed by atoms with E-state index < -0.39 is 4.92 Å². The zero-order valence-electron chi connectivity index (χ0n) is 13.4. The molecule has 0 aliphatic heterocycles. The molecule has 0 spiro atoms. The second-order valence-electron chi connectivity index (χ2n) is 5.20. The van der Waals surface area contributed by atoms with E-state index in [1.165, 1.54) is 23.9 Å². The Morgan fingerprint density at radius 2 is 1.76 bits per heavy atom. The maximum atomic E-state index is 10.6. The fourth-order valence-corrected chi connectivity index (χ4v) is 2.88. The third-order valence-electron chi connectivity index (χ3n) is 3.47. The van der Waals surface area contributed by atoms with Crippen LogP contribution < -0.4 is 4.74 Å². The highest BCUT2D eigenvalue weighted by Crippen LogP contribution is 2.23. The van der Waals surface area contributed by atoms with Crippen LogP contribution in [0.15, 0.2) is 58.2 Å². The fourth-order valence-electron chi connectivity index (χ4n) is 2.14. The summed E-state index contributed by atoms with van der Waals surface area (Å²) in [6.45, 7) is 0. The van der Waals surface area contributed by atoms with Crippen molar-refractivity contribution in [2.24, 2.45) is 0 Å². The van der Waals surface area contributed by atoms with Crippen molar-refractivity contribution in [3.63, 3.8) is 0 Å². The van der Waals surface area contributed by atoms with Gasteiger partial charge in [0.05, 0.1) is 18.5 Å². The van der Waals surface area contributed by atoms with Gasteiger partial charge in [-0.15, -0.1) is 10.2 Å². The van der Waals surface area contributed by atoms with E-state index in [9.17, 15) is 10.1 Å². The fraction of sp³-hybridized carbons (Fsp3) is 0.176. The van der Waals surface area contributed by atoms with Crippen LogP contribution in [0.2, 0.25) is 0 Å². The van der Waals surface area contributed by atoms with E-state index in [1.807, 2.05) is 24.3 Å². The van der Waals surface area contributed by atoms with Crippen LogP contribution in [0.4, 0.5) is 5.69 Å². The lowest BCUT2D eigenvalue weighted by Crippen LogP contribution is -1.89. The molecule has 0 N–H and O–H groups in total. The Morgan fingerprint density at radius 3 is 2.40 bits per heavy atom. The molecule has 0 amide bonds. The number of hydrogen-bond acceptors (Lipinski definition) is 7. The predicted molar refractivity (Wildman–Crippen MR) is 92.8 cm³/mol. The molecule has 0 unspecified atom stereocenters. The largest absolute Gasteiger partial charge is 0.497 e. The van der Waals surface area contributed by atoms with Gasteiger partial charge in [0.1, 0.15) is 5.75 Å². The lowest BCUT2D eigenvalue weighted by molar-refractivity contribution is -0.384. The van der Waals surface area contributed by atoms with Gasteiger partial charge in [-0.05, 0) is 23.3 Å². The molecule has 0 radical (unpaired) electrons. The smallest absolute Gasteiger partial charge is 0.276 e. The zero-order chi connectivity index (χ0) is 17.6. The molecule has 0 atom stereocenters. The molecule has 7 nitrogen and oxygen atoms in total. The van der Waals surface area contributed by atoms with Gasteiger partial charge in [-0.3, -0.25) is 10.1 Å². The minimum absolute atomic E-state index is 0.0771. The molecule has 1 aromatic heterocycles. The van der Waals surface area contributed by atoms with E-state index in [2.05, 4.69) is 10.2 Å². The predicted octanol–water partition coefficient (Wildman–Crippen LogP) is 3.87. The number of thioether (sulfide) groups is 1. The van der Waals surface area contributed by atoms with E-state index in [0.717, 1.165) is 16.9 Å². The standard InChI is InChI=1S/C17H15N3O4S/c1-23-15-8-4-12(5-9-15)10-16-18-19-17(24-16)25-11-13-2-6-14(7-3-13)20(21)22/h2-9H,10-11H2,1H3. The molecule has 8 heteroatoms. The first-order valence-electron chi connectivity index (χ1n) is 7.45. The normalized spacial score (nSPS) is 10.6. The van der Waals surface area contributed by atoms with Crippen LogP contribution >= 0.6 is 11.8 Å². The molecule has 0 saturated carbocycles.